The Morgan fingerprint density at radius 1 is 1.11 bits per heavy atom. The molecule has 2 aromatic heterocycles. The Morgan fingerprint density at radius 3 is 2.29 bits per heavy atom. The zero-order valence-corrected chi connectivity index (χ0v) is 23.8. The Hall–Kier alpha value is -3.20. The lowest BCUT2D eigenvalue weighted by atomic mass is 9.77. The van der Waals surface area contributed by atoms with Gasteiger partial charge in [0.05, 0.1) is 5.69 Å². The van der Waals surface area contributed by atoms with Crippen molar-refractivity contribution in [2.75, 3.05) is 50.5 Å². The fraction of sp³-hybridized carbons (Fsp3) is 0.552. The predicted octanol–water partition coefficient (Wildman–Crippen LogP) is 5.38. The number of carbonyl (C=O) groups is 1. The van der Waals surface area contributed by atoms with Gasteiger partial charge in [-0.25, -0.2) is 9.37 Å². The van der Waals surface area contributed by atoms with Crippen LogP contribution < -0.4 is 10.2 Å². The van der Waals surface area contributed by atoms with Crippen LogP contribution in [0.3, 0.4) is 0 Å². The highest BCUT2D eigenvalue weighted by atomic mass is 19.1. The highest BCUT2D eigenvalue weighted by molar-refractivity contribution is 5.97. The number of aryl methyl sites for hydroxylation is 1. The second-order valence-electron chi connectivity index (χ2n) is 11.2. The first-order valence-electron chi connectivity index (χ1n) is 13.6. The first-order valence-corrected chi connectivity index (χ1v) is 13.6. The number of nitrogens with one attached hydrogen (secondary N) is 1. The van der Waals surface area contributed by atoms with Gasteiger partial charge >= 0.3 is 0 Å². The van der Waals surface area contributed by atoms with E-state index in [0.717, 1.165) is 43.4 Å². The molecule has 1 saturated carbocycles. The SMILES string of the molecule is CC(C)N1CCN(c2ccc(Nc3ncc4cc(C(=O)N(C)C)n(C)c4n3)cc2F)CC1.CC1CCC1C.[HH]. The van der Waals surface area contributed by atoms with Gasteiger partial charge in [-0.3, -0.25) is 9.69 Å². The molecule has 0 radical (unpaired) electrons. The first-order chi connectivity index (χ1) is 18.0. The van der Waals surface area contributed by atoms with Crippen LogP contribution in [0.25, 0.3) is 11.0 Å². The summed E-state index contributed by atoms with van der Waals surface area (Å²) in [6.45, 7) is 12.5. The van der Waals surface area contributed by atoms with Gasteiger partial charge in [-0.05, 0) is 49.9 Å². The summed E-state index contributed by atoms with van der Waals surface area (Å²) in [4.78, 5) is 27.2. The first kappa shape index (κ1) is 27.8. The lowest BCUT2D eigenvalue weighted by Gasteiger charge is -2.38. The third-order valence-electron chi connectivity index (χ3n) is 8.03. The van der Waals surface area contributed by atoms with Crippen molar-refractivity contribution in [1.29, 1.82) is 0 Å². The average molecular weight is 526 g/mol. The Kier molecular flexibility index (Phi) is 8.55. The molecule has 1 N–H and O–H groups in total. The molecular formula is C29H44FN7O. The van der Waals surface area contributed by atoms with Crippen LogP contribution in [0, 0.1) is 17.7 Å². The van der Waals surface area contributed by atoms with Crippen molar-refractivity contribution >= 4 is 34.3 Å². The molecule has 2 atom stereocenters. The maximum absolute atomic E-state index is 14.9. The van der Waals surface area contributed by atoms with E-state index < -0.39 is 0 Å². The molecule has 38 heavy (non-hydrogen) atoms. The van der Waals surface area contributed by atoms with Gasteiger partial charge in [0.2, 0.25) is 5.95 Å². The number of anilines is 3. The van der Waals surface area contributed by atoms with Crippen LogP contribution >= 0.6 is 0 Å². The van der Waals surface area contributed by atoms with Crippen LogP contribution in [0.4, 0.5) is 21.7 Å². The Morgan fingerprint density at radius 2 is 1.76 bits per heavy atom. The molecule has 3 heterocycles. The molecule has 0 bridgehead atoms. The molecule has 2 fully saturated rings. The minimum absolute atomic E-state index is 0. The van der Waals surface area contributed by atoms with E-state index >= 15 is 0 Å². The molecule has 1 aliphatic heterocycles. The third kappa shape index (κ3) is 6.09. The molecule has 1 saturated heterocycles. The van der Waals surface area contributed by atoms with Gasteiger partial charge in [0, 0.05) is 72.1 Å². The van der Waals surface area contributed by atoms with E-state index in [-0.39, 0.29) is 13.2 Å². The molecule has 1 amide bonds. The van der Waals surface area contributed by atoms with E-state index in [1.54, 1.807) is 44.0 Å². The lowest BCUT2D eigenvalue weighted by molar-refractivity contribution is 0.0819. The van der Waals surface area contributed by atoms with Gasteiger partial charge in [0.25, 0.3) is 5.91 Å². The van der Waals surface area contributed by atoms with Crippen LogP contribution in [0.15, 0.2) is 30.5 Å². The predicted molar refractivity (Wildman–Crippen MR) is 155 cm³/mol. The second-order valence-corrected chi connectivity index (χ2v) is 11.2. The maximum Gasteiger partial charge on any atom is 0.270 e. The second kappa shape index (κ2) is 11.7. The number of nitrogens with zero attached hydrogens (tertiary/aromatic N) is 6. The van der Waals surface area contributed by atoms with Crippen molar-refractivity contribution in [1.82, 2.24) is 24.3 Å². The number of carbonyl (C=O) groups excluding carboxylic acids is 1. The summed E-state index contributed by atoms with van der Waals surface area (Å²) < 4.78 is 16.6. The molecule has 2 unspecified atom stereocenters. The van der Waals surface area contributed by atoms with Gasteiger partial charge in [-0.2, -0.15) is 4.98 Å². The molecule has 1 aliphatic carbocycles. The number of rotatable bonds is 5. The number of benzene rings is 1. The van der Waals surface area contributed by atoms with Gasteiger partial charge in [-0.1, -0.05) is 26.7 Å². The van der Waals surface area contributed by atoms with Gasteiger partial charge < -0.3 is 19.7 Å². The molecule has 3 aromatic rings. The summed E-state index contributed by atoms with van der Waals surface area (Å²) in [7, 11) is 5.21. The summed E-state index contributed by atoms with van der Waals surface area (Å²) >= 11 is 0. The van der Waals surface area contributed by atoms with Crippen LogP contribution in [0.5, 0.6) is 0 Å². The lowest BCUT2D eigenvalue weighted by Crippen LogP contribution is -2.49. The topological polar surface area (TPSA) is 69.5 Å². The van der Waals surface area contributed by atoms with E-state index in [1.807, 2.05) is 6.07 Å². The minimum Gasteiger partial charge on any atom is -0.367 e. The molecular weight excluding hydrogens is 481 g/mol. The van der Waals surface area contributed by atoms with Crippen LogP contribution in [-0.4, -0.2) is 76.6 Å². The van der Waals surface area contributed by atoms with Crippen molar-refractivity contribution in [3.63, 3.8) is 0 Å². The zero-order chi connectivity index (χ0) is 27.6. The summed E-state index contributed by atoms with van der Waals surface area (Å²) in [6, 6.07) is 7.40. The van der Waals surface area contributed by atoms with Crippen LogP contribution in [0.2, 0.25) is 0 Å². The van der Waals surface area contributed by atoms with Crippen molar-refractivity contribution in [2.24, 2.45) is 18.9 Å². The molecule has 5 rings (SSSR count). The molecule has 8 nitrogen and oxygen atoms in total. The summed E-state index contributed by atoms with van der Waals surface area (Å²) in [6.07, 6.45) is 4.61. The number of hydrogen-bond donors (Lipinski definition) is 1. The zero-order valence-electron chi connectivity index (χ0n) is 23.8. The highest BCUT2D eigenvalue weighted by Gasteiger charge is 2.22. The molecule has 0 spiro atoms. The highest BCUT2D eigenvalue weighted by Crippen LogP contribution is 2.32. The van der Waals surface area contributed by atoms with Crippen LogP contribution in [0.1, 0.15) is 52.5 Å². The van der Waals surface area contributed by atoms with E-state index in [4.69, 9.17) is 0 Å². The summed E-state index contributed by atoms with van der Waals surface area (Å²) in [5.41, 5.74) is 2.35. The average Bonchev–Trinajstić information content (AvgIpc) is 3.23. The molecule has 208 valence electrons. The fourth-order valence-corrected chi connectivity index (χ4v) is 4.89. The smallest absolute Gasteiger partial charge is 0.270 e. The number of hydrogen-bond acceptors (Lipinski definition) is 6. The molecule has 2 aliphatic rings. The number of halogens is 1. The minimum atomic E-state index is -0.271. The van der Waals surface area contributed by atoms with Gasteiger partial charge in [-0.15, -0.1) is 0 Å². The van der Waals surface area contributed by atoms with E-state index in [0.29, 0.717) is 34.7 Å². The Balaban J connectivity index is 0.000000531. The normalized spacial score (nSPS) is 19.7. The quantitative estimate of drug-likeness (QED) is 0.482. The third-order valence-corrected chi connectivity index (χ3v) is 8.03. The van der Waals surface area contributed by atoms with E-state index in [9.17, 15) is 9.18 Å². The summed E-state index contributed by atoms with van der Waals surface area (Å²) in [5, 5.41) is 3.85. The maximum atomic E-state index is 14.9. The van der Waals surface area contributed by atoms with Crippen molar-refractivity contribution in [3.8, 4) is 0 Å². The molecule has 1 aromatic carbocycles. The molecule has 9 heteroatoms. The largest absolute Gasteiger partial charge is 0.367 e. The number of fused-ring (bicyclic) bond motifs is 1. The van der Waals surface area contributed by atoms with Crippen LogP contribution in [-0.2, 0) is 7.05 Å². The summed E-state index contributed by atoms with van der Waals surface area (Å²) in [5.74, 6) is 2.04. The number of piperazine rings is 1. The standard InChI is InChI=1S/C23H30FN7O.C6H12.H2/c1-15(2)30-8-10-31(11-9-30)19-7-6-17(13-18(19)24)26-23-25-14-16-12-20(22(32)28(3)4)29(5)21(16)27-23;1-5-3-4-6(5)2;/h6-7,12-15H,8-11H2,1-5H3,(H,25,26,27);5-6H,3-4H2,1-2H3;1H. The number of amides is 1. The van der Waals surface area contributed by atoms with Crippen molar-refractivity contribution in [2.45, 2.75) is 46.6 Å². The van der Waals surface area contributed by atoms with Gasteiger partial charge in [0.1, 0.15) is 17.2 Å². The Bertz CT molecular complexity index is 1260. The fourth-order valence-electron chi connectivity index (χ4n) is 4.89. The van der Waals surface area contributed by atoms with E-state index in [1.165, 1.54) is 23.8 Å². The Labute approximate surface area is 227 Å². The van der Waals surface area contributed by atoms with E-state index in [2.05, 4.69) is 52.8 Å². The van der Waals surface area contributed by atoms with Crippen molar-refractivity contribution < 1.29 is 10.6 Å². The monoisotopic (exact) mass is 525 g/mol. The number of aromatic nitrogens is 3. The van der Waals surface area contributed by atoms with Gasteiger partial charge in [0.15, 0.2) is 0 Å². The van der Waals surface area contributed by atoms with Crippen molar-refractivity contribution in [3.05, 3.63) is 42.0 Å².